The summed E-state index contributed by atoms with van der Waals surface area (Å²) in [5, 5.41) is 8.17. The van der Waals surface area contributed by atoms with Gasteiger partial charge < -0.3 is 0 Å². The normalized spacial score (nSPS) is 10.9. The lowest BCUT2D eigenvalue weighted by atomic mass is 10.2. The van der Waals surface area contributed by atoms with Crippen LogP contribution in [-0.2, 0) is 0 Å². The predicted octanol–water partition coefficient (Wildman–Crippen LogP) is 3.30. The summed E-state index contributed by atoms with van der Waals surface area (Å²) in [5.74, 6) is 0.442. The van der Waals surface area contributed by atoms with Crippen LogP contribution in [-0.4, -0.2) is 14.6 Å². The summed E-state index contributed by atoms with van der Waals surface area (Å²) in [6.07, 6.45) is 1.87. The second kappa shape index (κ2) is 3.92. The summed E-state index contributed by atoms with van der Waals surface area (Å²) < 4.78 is 15.7. The van der Waals surface area contributed by atoms with Gasteiger partial charge in [-0.2, -0.15) is 0 Å². The summed E-state index contributed by atoms with van der Waals surface area (Å²) >= 11 is 3.38. The molecule has 0 amide bonds. The number of fused-ring (bicyclic) bond motifs is 1. The lowest BCUT2D eigenvalue weighted by Gasteiger charge is -1.99. The van der Waals surface area contributed by atoms with Gasteiger partial charge in [-0.15, -0.1) is 10.2 Å². The molecule has 2 heterocycles. The monoisotopic (exact) mass is 291 g/mol. The molecule has 3 aromatic rings. The molecule has 0 radical (unpaired) electrons. The fourth-order valence-corrected chi connectivity index (χ4v) is 1.98. The zero-order valence-electron chi connectivity index (χ0n) is 8.64. The highest BCUT2D eigenvalue weighted by molar-refractivity contribution is 9.10. The molecule has 0 bridgehead atoms. The van der Waals surface area contributed by atoms with Crippen LogP contribution in [0.4, 0.5) is 4.39 Å². The Labute approximate surface area is 105 Å². The molecule has 3 nitrogen and oxygen atoms in total. The van der Waals surface area contributed by atoms with Crippen molar-refractivity contribution in [3.05, 3.63) is 52.9 Å². The molecular weight excluding hydrogens is 285 g/mol. The molecule has 0 spiro atoms. The molecule has 5 heteroatoms. The van der Waals surface area contributed by atoms with Crippen LogP contribution in [0.3, 0.4) is 0 Å². The smallest absolute Gasteiger partial charge is 0.168 e. The summed E-state index contributed by atoms with van der Waals surface area (Å²) in [4.78, 5) is 0. The van der Waals surface area contributed by atoms with Crippen molar-refractivity contribution in [1.82, 2.24) is 14.6 Å². The number of pyridine rings is 1. The van der Waals surface area contributed by atoms with E-state index in [9.17, 15) is 4.39 Å². The molecular formula is C12H7BrFN3. The number of hydrogen-bond donors (Lipinski definition) is 0. The molecule has 0 aliphatic heterocycles. The Morgan fingerprint density at radius 1 is 1.06 bits per heavy atom. The van der Waals surface area contributed by atoms with E-state index in [-0.39, 0.29) is 5.82 Å². The van der Waals surface area contributed by atoms with Crippen LogP contribution in [0.1, 0.15) is 0 Å². The first-order valence-corrected chi connectivity index (χ1v) is 5.79. The summed E-state index contributed by atoms with van der Waals surface area (Å²) in [6.45, 7) is 0. The maximum atomic E-state index is 12.8. The number of hydrogen-bond acceptors (Lipinski definition) is 2. The van der Waals surface area contributed by atoms with E-state index >= 15 is 0 Å². The Morgan fingerprint density at radius 2 is 1.82 bits per heavy atom. The highest BCUT2D eigenvalue weighted by Gasteiger charge is 2.07. The zero-order chi connectivity index (χ0) is 11.8. The Bertz CT molecular complexity index is 676. The Kier molecular flexibility index (Phi) is 2.40. The second-order valence-corrected chi connectivity index (χ2v) is 4.52. The van der Waals surface area contributed by atoms with Crippen LogP contribution >= 0.6 is 15.9 Å². The Hall–Kier alpha value is -1.75. The molecule has 0 unspecified atom stereocenters. The highest BCUT2D eigenvalue weighted by Crippen LogP contribution is 2.20. The first kappa shape index (κ1) is 10.4. The van der Waals surface area contributed by atoms with E-state index in [1.807, 2.05) is 22.7 Å². The molecule has 17 heavy (non-hydrogen) atoms. The minimum Gasteiger partial charge on any atom is -0.282 e. The van der Waals surface area contributed by atoms with E-state index in [4.69, 9.17) is 0 Å². The topological polar surface area (TPSA) is 30.2 Å². The van der Waals surface area contributed by atoms with Crippen LogP contribution in [0.2, 0.25) is 0 Å². The average molecular weight is 292 g/mol. The molecule has 1 aromatic carbocycles. The third-order valence-electron chi connectivity index (χ3n) is 2.47. The Balaban J connectivity index is 2.21. The van der Waals surface area contributed by atoms with Crippen LogP contribution in [0.25, 0.3) is 17.0 Å². The maximum absolute atomic E-state index is 12.8. The first-order valence-electron chi connectivity index (χ1n) is 5.00. The van der Waals surface area contributed by atoms with Gasteiger partial charge in [0.15, 0.2) is 11.5 Å². The van der Waals surface area contributed by atoms with Crippen molar-refractivity contribution in [2.45, 2.75) is 0 Å². The van der Waals surface area contributed by atoms with Crippen LogP contribution in [0.5, 0.6) is 0 Å². The van der Waals surface area contributed by atoms with Crippen molar-refractivity contribution in [3.8, 4) is 11.4 Å². The molecule has 0 atom stereocenters. The van der Waals surface area contributed by atoms with E-state index in [0.29, 0.717) is 5.82 Å². The van der Waals surface area contributed by atoms with Gasteiger partial charge in [0.25, 0.3) is 0 Å². The van der Waals surface area contributed by atoms with Crippen molar-refractivity contribution in [1.29, 1.82) is 0 Å². The van der Waals surface area contributed by atoms with Gasteiger partial charge in [0.05, 0.1) is 0 Å². The molecule has 84 valence electrons. The van der Waals surface area contributed by atoms with Gasteiger partial charge in [0, 0.05) is 16.2 Å². The van der Waals surface area contributed by atoms with Crippen LogP contribution in [0, 0.1) is 5.82 Å². The number of halogens is 2. The van der Waals surface area contributed by atoms with Gasteiger partial charge in [0.2, 0.25) is 0 Å². The molecule has 0 aliphatic rings. The van der Waals surface area contributed by atoms with Gasteiger partial charge in [-0.1, -0.05) is 15.9 Å². The third-order valence-corrected chi connectivity index (χ3v) is 2.97. The largest absolute Gasteiger partial charge is 0.282 e. The molecule has 0 N–H and O–H groups in total. The van der Waals surface area contributed by atoms with Crippen LogP contribution in [0.15, 0.2) is 47.1 Å². The molecule has 0 saturated carbocycles. The van der Waals surface area contributed by atoms with E-state index in [1.165, 1.54) is 12.1 Å². The lowest BCUT2D eigenvalue weighted by Crippen LogP contribution is -1.89. The van der Waals surface area contributed by atoms with Gasteiger partial charge in [-0.3, -0.25) is 4.40 Å². The van der Waals surface area contributed by atoms with E-state index in [2.05, 4.69) is 26.1 Å². The molecule has 0 aliphatic carbocycles. The molecule has 2 aromatic heterocycles. The van der Waals surface area contributed by atoms with Gasteiger partial charge in [-0.05, 0) is 36.4 Å². The fraction of sp³-hybridized carbons (Fsp3) is 0. The minimum atomic E-state index is -0.259. The second-order valence-electron chi connectivity index (χ2n) is 3.60. The number of rotatable bonds is 1. The van der Waals surface area contributed by atoms with E-state index < -0.39 is 0 Å². The quantitative estimate of drug-likeness (QED) is 0.689. The van der Waals surface area contributed by atoms with Gasteiger partial charge >= 0.3 is 0 Å². The summed E-state index contributed by atoms with van der Waals surface area (Å²) in [5.41, 5.74) is 1.58. The van der Waals surface area contributed by atoms with Crippen LogP contribution < -0.4 is 0 Å². The van der Waals surface area contributed by atoms with E-state index in [0.717, 1.165) is 15.7 Å². The number of nitrogens with zero attached hydrogens (tertiary/aromatic N) is 3. The number of benzene rings is 1. The SMILES string of the molecule is Fc1ccc(-c2nnc3cc(Br)ccn23)cc1. The van der Waals surface area contributed by atoms with Gasteiger partial charge in [-0.25, -0.2) is 4.39 Å². The lowest BCUT2D eigenvalue weighted by molar-refractivity contribution is 0.628. The maximum Gasteiger partial charge on any atom is 0.168 e. The Morgan fingerprint density at radius 3 is 2.59 bits per heavy atom. The first-order chi connectivity index (χ1) is 8.24. The minimum absolute atomic E-state index is 0.259. The predicted molar refractivity (Wildman–Crippen MR) is 66.1 cm³/mol. The summed E-state index contributed by atoms with van der Waals surface area (Å²) in [7, 11) is 0. The van der Waals surface area contributed by atoms with Gasteiger partial charge in [0.1, 0.15) is 5.82 Å². The average Bonchev–Trinajstić information content (AvgIpc) is 2.73. The third kappa shape index (κ3) is 1.82. The standard InChI is InChI=1S/C12H7BrFN3/c13-9-5-6-17-11(7-9)15-16-12(17)8-1-3-10(14)4-2-8/h1-7H. The molecule has 0 saturated heterocycles. The highest BCUT2D eigenvalue weighted by atomic mass is 79.9. The van der Waals surface area contributed by atoms with Crippen molar-refractivity contribution in [2.24, 2.45) is 0 Å². The zero-order valence-corrected chi connectivity index (χ0v) is 10.2. The van der Waals surface area contributed by atoms with Crippen molar-refractivity contribution < 1.29 is 4.39 Å². The van der Waals surface area contributed by atoms with E-state index in [1.54, 1.807) is 12.1 Å². The molecule has 3 rings (SSSR count). The van der Waals surface area contributed by atoms with Crippen molar-refractivity contribution >= 4 is 21.6 Å². The molecule has 0 fully saturated rings. The van der Waals surface area contributed by atoms with Crippen molar-refractivity contribution in [2.75, 3.05) is 0 Å². The number of aromatic nitrogens is 3. The summed E-state index contributed by atoms with van der Waals surface area (Å²) in [6, 6.07) is 9.98. The van der Waals surface area contributed by atoms with Crippen molar-refractivity contribution in [3.63, 3.8) is 0 Å². The fourth-order valence-electron chi connectivity index (χ4n) is 1.66.